The van der Waals surface area contributed by atoms with Crippen LogP contribution in [0.15, 0.2) is 34.4 Å². The van der Waals surface area contributed by atoms with E-state index in [9.17, 15) is 13.5 Å². The molecule has 1 aliphatic heterocycles. The van der Waals surface area contributed by atoms with Gasteiger partial charge in [0.05, 0.1) is 23.2 Å². The second-order valence-corrected chi connectivity index (χ2v) is 8.63. The number of fused-ring (bicyclic) bond motifs is 1. The molecule has 158 valence electrons. The average molecular weight is 449 g/mol. The number of ether oxygens (including phenoxy) is 1. The molecule has 3 aromatic rings. The van der Waals surface area contributed by atoms with E-state index < -0.39 is 0 Å². The van der Waals surface area contributed by atoms with Gasteiger partial charge in [0.2, 0.25) is 0 Å². The van der Waals surface area contributed by atoms with Gasteiger partial charge in [0, 0.05) is 41.8 Å². The first-order chi connectivity index (χ1) is 14.5. The summed E-state index contributed by atoms with van der Waals surface area (Å²) in [6, 6.07) is 6.85. The molecule has 30 heavy (non-hydrogen) atoms. The molecule has 0 atom stereocenters. The number of methoxy groups -OCH3 is 1. The lowest BCUT2D eigenvalue weighted by atomic mass is 9.98. The molecule has 0 spiro atoms. The number of nitrogens with two attached hydrogens (primary N) is 1. The fraction of sp³-hybridized carbons (Fsp3) is 0.350. The molecule has 10 heteroatoms. The number of thiophene rings is 1. The van der Waals surface area contributed by atoms with Gasteiger partial charge in [-0.3, -0.25) is 9.59 Å². The normalized spacial score (nSPS) is 14.9. The van der Waals surface area contributed by atoms with Crippen molar-refractivity contribution < 1.29 is 13.4 Å². The summed E-state index contributed by atoms with van der Waals surface area (Å²) in [5.74, 6) is 1.12. The van der Waals surface area contributed by atoms with Gasteiger partial charge in [0.25, 0.3) is 11.5 Å². The number of hydrogen-bond donors (Lipinski definition) is 1. The summed E-state index contributed by atoms with van der Waals surface area (Å²) in [7, 11) is 1.56. The largest absolute Gasteiger partial charge is 0.497 e. The number of amides is 1. The van der Waals surface area contributed by atoms with Crippen LogP contribution in [0.1, 0.15) is 23.3 Å². The molecule has 0 bridgehead atoms. The van der Waals surface area contributed by atoms with Gasteiger partial charge in [-0.2, -0.15) is 13.7 Å². The third kappa shape index (κ3) is 3.77. The molecule has 3 heterocycles. The number of likely N-dealkylation sites (tertiary alicyclic amines) is 1. The standard InChI is InChI=1S/C20H21FN4O3S2/c1-28-14-4-2-13(3-5-14)25-19(26)16-15(11-29-18(16)22)17(23-25)20(27)24-8-6-12(7-9-24)10-30-21/h2-5,11-12H,6-10,22H2,1H3. The molecule has 2 aromatic heterocycles. The predicted molar refractivity (Wildman–Crippen MR) is 118 cm³/mol. The Morgan fingerprint density at radius 1 is 1.33 bits per heavy atom. The highest BCUT2D eigenvalue weighted by Crippen LogP contribution is 2.29. The van der Waals surface area contributed by atoms with Crippen molar-refractivity contribution in [1.29, 1.82) is 0 Å². The maximum absolute atomic E-state index is 13.3. The van der Waals surface area contributed by atoms with Crippen LogP contribution in [-0.2, 0) is 0 Å². The smallest absolute Gasteiger partial charge is 0.282 e. The lowest BCUT2D eigenvalue weighted by molar-refractivity contribution is 0.0693. The molecule has 0 saturated carbocycles. The molecular formula is C20H21FN4O3S2. The van der Waals surface area contributed by atoms with Crippen LogP contribution in [0.25, 0.3) is 16.5 Å². The van der Waals surface area contributed by atoms with Crippen LogP contribution in [0.5, 0.6) is 5.75 Å². The summed E-state index contributed by atoms with van der Waals surface area (Å²) in [5.41, 5.74) is 6.41. The van der Waals surface area contributed by atoms with Crippen LogP contribution in [0.2, 0.25) is 0 Å². The number of piperidine rings is 1. The van der Waals surface area contributed by atoms with Crippen LogP contribution < -0.4 is 16.0 Å². The number of benzene rings is 1. The monoisotopic (exact) mass is 448 g/mol. The van der Waals surface area contributed by atoms with Crippen molar-refractivity contribution in [1.82, 2.24) is 14.7 Å². The van der Waals surface area contributed by atoms with Gasteiger partial charge >= 0.3 is 0 Å². The third-order valence-electron chi connectivity index (χ3n) is 5.40. The summed E-state index contributed by atoms with van der Waals surface area (Å²) < 4.78 is 18.9. The SMILES string of the molecule is COc1ccc(-n2nc(C(=O)N3CCC(CSF)CC3)c3csc(N)c3c2=O)cc1. The predicted octanol–water partition coefficient (Wildman–Crippen LogP) is 3.51. The number of anilines is 1. The zero-order valence-corrected chi connectivity index (χ0v) is 18.0. The molecular weight excluding hydrogens is 427 g/mol. The molecule has 0 unspecified atom stereocenters. The molecule has 2 N–H and O–H groups in total. The van der Waals surface area contributed by atoms with E-state index >= 15 is 0 Å². The number of hydrogen-bond acceptors (Lipinski definition) is 7. The van der Waals surface area contributed by atoms with E-state index in [0.29, 0.717) is 58.2 Å². The van der Waals surface area contributed by atoms with E-state index in [0.717, 1.165) is 12.8 Å². The number of carbonyl (C=O) groups is 1. The second kappa shape index (κ2) is 8.65. The fourth-order valence-corrected chi connectivity index (χ4v) is 4.97. The van der Waals surface area contributed by atoms with Crippen molar-refractivity contribution in [2.45, 2.75) is 12.8 Å². The third-order valence-corrected chi connectivity index (χ3v) is 6.81. The molecule has 1 aromatic carbocycles. The minimum atomic E-state index is -0.371. The van der Waals surface area contributed by atoms with Crippen LogP contribution in [0.4, 0.5) is 8.89 Å². The van der Waals surface area contributed by atoms with Gasteiger partial charge < -0.3 is 15.4 Å². The Balaban J connectivity index is 1.75. The van der Waals surface area contributed by atoms with Crippen molar-refractivity contribution in [2.75, 3.05) is 31.7 Å². The number of rotatable bonds is 5. The van der Waals surface area contributed by atoms with E-state index in [1.807, 2.05) is 0 Å². The van der Waals surface area contributed by atoms with Crippen molar-refractivity contribution in [3.63, 3.8) is 0 Å². The van der Waals surface area contributed by atoms with Crippen LogP contribution >= 0.6 is 23.5 Å². The highest BCUT2D eigenvalue weighted by molar-refractivity contribution is 7.94. The first-order valence-electron chi connectivity index (χ1n) is 9.50. The van der Waals surface area contributed by atoms with Gasteiger partial charge in [0.1, 0.15) is 5.75 Å². The van der Waals surface area contributed by atoms with E-state index in [4.69, 9.17) is 10.5 Å². The molecule has 4 rings (SSSR count). The van der Waals surface area contributed by atoms with E-state index in [1.165, 1.54) is 16.0 Å². The first-order valence-corrected chi connectivity index (χ1v) is 11.3. The van der Waals surface area contributed by atoms with Crippen LogP contribution in [0.3, 0.4) is 0 Å². The fourth-order valence-electron chi connectivity index (χ4n) is 3.67. The minimum Gasteiger partial charge on any atom is -0.497 e. The number of carbonyl (C=O) groups excluding carboxylic acids is 1. The molecule has 7 nitrogen and oxygen atoms in total. The molecule has 1 saturated heterocycles. The van der Waals surface area contributed by atoms with Gasteiger partial charge in [-0.15, -0.1) is 11.3 Å². The lowest BCUT2D eigenvalue weighted by Gasteiger charge is -2.31. The van der Waals surface area contributed by atoms with Crippen molar-refractivity contribution in [3.05, 3.63) is 45.7 Å². The number of nitrogen functional groups attached to an aromatic ring is 1. The highest BCUT2D eigenvalue weighted by atomic mass is 32.2. The van der Waals surface area contributed by atoms with E-state index in [2.05, 4.69) is 5.10 Å². The van der Waals surface area contributed by atoms with Crippen molar-refractivity contribution >= 4 is 45.2 Å². The summed E-state index contributed by atoms with van der Waals surface area (Å²) in [6.45, 7) is 1.07. The van der Waals surface area contributed by atoms with Gasteiger partial charge in [-0.25, -0.2) is 0 Å². The molecule has 1 amide bonds. The first kappa shape index (κ1) is 20.7. The summed E-state index contributed by atoms with van der Waals surface area (Å²) in [6.07, 6.45) is 1.49. The topological polar surface area (TPSA) is 90.5 Å². The Morgan fingerprint density at radius 2 is 2.03 bits per heavy atom. The average Bonchev–Trinajstić information content (AvgIpc) is 3.17. The minimum absolute atomic E-state index is 0.201. The van der Waals surface area contributed by atoms with Gasteiger partial charge in [0.15, 0.2) is 5.69 Å². The highest BCUT2D eigenvalue weighted by Gasteiger charge is 2.28. The summed E-state index contributed by atoms with van der Waals surface area (Å²) in [5, 5.41) is 7.26. The van der Waals surface area contributed by atoms with Gasteiger partial charge in [-0.05, 0) is 43.0 Å². The maximum Gasteiger partial charge on any atom is 0.282 e. The summed E-state index contributed by atoms with van der Waals surface area (Å²) in [4.78, 5) is 28.1. The molecule has 1 aliphatic rings. The van der Waals surface area contributed by atoms with E-state index in [-0.39, 0.29) is 23.1 Å². The second-order valence-electron chi connectivity index (χ2n) is 7.16. The Labute approximate surface area is 180 Å². The zero-order valence-electron chi connectivity index (χ0n) is 16.3. The van der Waals surface area contributed by atoms with Crippen LogP contribution in [-0.4, -0.2) is 46.5 Å². The summed E-state index contributed by atoms with van der Waals surface area (Å²) >= 11 is 1.56. The number of nitrogens with zero attached hydrogens (tertiary/aromatic N) is 3. The molecule has 1 fully saturated rings. The van der Waals surface area contributed by atoms with Crippen molar-refractivity contribution in [2.24, 2.45) is 5.92 Å². The van der Waals surface area contributed by atoms with Crippen molar-refractivity contribution in [3.8, 4) is 11.4 Å². The van der Waals surface area contributed by atoms with E-state index in [1.54, 1.807) is 41.7 Å². The Morgan fingerprint density at radius 3 is 2.67 bits per heavy atom. The Hall–Kier alpha value is -2.59. The lowest BCUT2D eigenvalue weighted by Crippen LogP contribution is -2.40. The Kier molecular flexibility index (Phi) is 5.96. The van der Waals surface area contributed by atoms with Crippen LogP contribution in [0, 0.1) is 5.92 Å². The Bertz CT molecular complexity index is 1120. The molecule has 0 radical (unpaired) electrons. The number of halogens is 1. The quantitative estimate of drug-likeness (QED) is 0.642. The number of aromatic nitrogens is 2. The molecule has 0 aliphatic carbocycles. The maximum atomic E-state index is 13.3. The zero-order chi connectivity index (χ0) is 21.3. The van der Waals surface area contributed by atoms with Gasteiger partial charge in [-0.1, -0.05) is 0 Å².